The van der Waals surface area contributed by atoms with Crippen molar-refractivity contribution in [1.82, 2.24) is 4.90 Å². The van der Waals surface area contributed by atoms with Crippen LogP contribution in [-0.2, 0) is 23.1 Å². The molecule has 35 heavy (non-hydrogen) atoms. The smallest absolute Gasteiger partial charge is 0.262 e. The van der Waals surface area contributed by atoms with Gasteiger partial charge in [0.25, 0.3) is 15.9 Å². The molecule has 180 valence electrons. The van der Waals surface area contributed by atoms with E-state index in [2.05, 4.69) is 4.72 Å². The third-order valence-corrected chi connectivity index (χ3v) is 6.71. The average Bonchev–Trinajstić information content (AvgIpc) is 3.57. The van der Waals surface area contributed by atoms with Crippen molar-refractivity contribution < 1.29 is 31.5 Å². The number of nitrogens with one attached hydrogen (secondary N) is 1. The van der Waals surface area contributed by atoms with E-state index in [9.17, 15) is 13.2 Å². The van der Waals surface area contributed by atoms with E-state index in [0.29, 0.717) is 41.8 Å². The van der Waals surface area contributed by atoms with E-state index in [1.165, 1.54) is 30.7 Å². The number of ether oxygens (including phenoxy) is 2. The summed E-state index contributed by atoms with van der Waals surface area (Å²) >= 11 is 0. The van der Waals surface area contributed by atoms with E-state index in [-0.39, 0.29) is 29.6 Å². The molecule has 1 N–H and O–H groups in total. The normalized spacial score (nSPS) is 12.8. The quantitative estimate of drug-likeness (QED) is 0.389. The second-order valence-corrected chi connectivity index (χ2v) is 9.49. The highest BCUT2D eigenvalue weighted by Crippen LogP contribution is 2.33. The Morgan fingerprint density at radius 2 is 1.51 bits per heavy atom. The second-order valence-electron chi connectivity index (χ2n) is 7.81. The first-order chi connectivity index (χ1) is 17.0. The topological polar surface area (TPSA) is 111 Å². The number of furan rings is 2. The number of amides is 1. The van der Waals surface area contributed by atoms with E-state index < -0.39 is 10.0 Å². The molecule has 1 amide bonds. The SMILES string of the molecule is O=C(c1cccc(NS(=O)(=O)c2ccc3c(c2)OCCO3)c1)N(Cc1ccco1)Cc1ccco1. The number of fused-ring (bicyclic) bond motifs is 1. The summed E-state index contributed by atoms with van der Waals surface area (Å²) in [5, 5.41) is 0. The van der Waals surface area contributed by atoms with Crippen LogP contribution >= 0.6 is 0 Å². The Hall–Kier alpha value is -4.18. The Kier molecular flexibility index (Phi) is 6.19. The average molecular weight is 495 g/mol. The van der Waals surface area contributed by atoms with Crippen molar-refractivity contribution >= 4 is 21.6 Å². The predicted molar refractivity (Wildman–Crippen MR) is 126 cm³/mol. The maximum atomic E-state index is 13.4. The third-order valence-electron chi connectivity index (χ3n) is 5.33. The van der Waals surface area contributed by atoms with Crippen molar-refractivity contribution in [2.45, 2.75) is 18.0 Å². The monoisotopic (exact) mass is 494 g/mol. The summed E-state index contributed by atoms with van der Waals surface area (Å²) in [6, 6.07) is 17.8. The van der Waals surface area contributed by atoms with Crippen LogP contribution in [-0.4, -0.2) is 32.4 Å². The summed E-state index contributed by atoms with van der Waals surface area (Å²) in [5.41, 5.74) is 0.562. The molecule has 5 rings (SSSR count). The van der Waals surface area contributed by atoms with Crippen LogP contribution in [0.4, 0.5) is 5.69 Å². The fraction of sp³-hybridized carbons (Fsp3) is 0.160. The maximum absolute atomic E-state index is 13.4. The molecular formula is C25H22N2O7S. The van der Waals surface area contributed by atoms with Crippen LogP contribution in [0.3, 0.4) is 0 Å². The minimum atomic E-state index is -3.93. The summed E-state index contributed by atoms with van der Waals surface area (Å²) in [4.78, 5) is 15.0. The Labute approximate surface area is 201 Å². The lowest BCUT2D eigenvalue weighted by Gasteiger charge is -2.21. The highest BCUT2D eigenvalue weighted by atomic mass is 32.2. The van der Waals surface area contributed by atoms with Gasteiger partial charge in [0.15, 0.2) is 11.5 Å². The van der Waals surface area contributed by atoms with Gasteiger partial charge in [-0.25, -0.2) is 8.42 Å². The molecule has 4 aromatic rings. The minimum absolute atomic E-state index is 0.0238. The highest BCUT2D eigenvalue weighted by molar-refractivity contribution is 7.92. The molecule has 0 radical (unpaired) electrons. The third kappa shape index (κ3) is 5.17. The van der Waals surface area contributed by atoms with E-state index in [1.54, 1.807) is 53.4 Å². The van der Waals surface area contributed by atoms with Crippen LogP contribution in [0, 0.1) is 0 Å². The van der Waals surface area contributed by atoms with Gasteiger partial charge in [-0.05, 0) is 54.6 Å². The Bertz CT molecular complexity index is 1380. The molecule has 0 aliphatic carbocycles. The van der Waals surface area contributed by atoms with E-state index in [4.69, 9.17) is 18.3 Å². The number of hydrogen-bond acceptors (Lipinski definition) is 7. The standard InChI is InChI=1S/C25H22N2O7S/c28-25(27(16-20-6-2-10-31-20)17-21-7-3-11-32-21)18-4-1-5-19(14-18)26-35(29,30)22-8-9-23-24(15-22)34-13-12-33-23/h1-11,14-15,26H,12-13,16-17H2. The van der Waals surface area contributed by atoms with Crippen molar-refractivity contribution in [3.63, 3.8) is 0 Å². The fourth-order valence-electron chi connectivity index (χ4n) is 3.68. The lowest BCUT2D eigenvalue weighted by molar-refractivity contribution is 0.0705. The highest BCUT2D eigenvalue weighted by Gasteiger charge is 2.22. The zero-order valence-electron chi connectivity index (χ0n) is 18.5. The molecule has 0 unspecified atom stereocenters. The lowest BCUT2D eigenvalue weighted by Crippen LogP contribution is -2.30. The molecule has 2 aromatic carbocycles. The summed E-state index contributed by atoms with van der Waals surface area (Å²) in [6.07, 6.45) is 3.08. The summed E-state index contributed by atoms with van der Waals surface area (Å²) in [6.45, 7) is 1.20. The first-order valence-electron chi connectivity index (χ1n) is 10.8. The molecule has 0 atom stereocenters. The minimum Gasteiger partial charge on any atom is -0.486 e. The van der Waals surface area contributed by atoms with Gasteiger partial charge in [0.2, 0.25) is 0 Å². The van der Waals surface area contributed by atoms with Crippen molar-refractivity contribution in [2.24, 2.45) is 0 Å². The zero-order valence-corrected chi connectivity index (χ0v) is 19.4. The van der Waals surface area contributed by atoms with E-state index in [1.807, 2.05) is 0 Å². The van der Waals surface area contributed by atoms with Gasteiger partial charge in [-0.2, -0.15) is 0 Å². The maximum Gasteiger partial charge on any atom is 0.262 e. The summed E-state index contributed by atoms with van der Waals surface area (Å²) < 4.78 is 50.3. The molecule has 0 fully saturated rings. The Morgan fingerprint density at radius 1 is 0.829 bits per heavy atom. The van der Waals surface area contributed by atoms with Crippen LogP contribution < -0.4 is 14.2 Å². The van der Waals surface area contributed by atoms with Crippen molar-refractivity contribution in [3.8, 4) is 11.5 Å². The number of nitrogens with zero attached hydrogens (tertiary/aromatic N) is 1. The Morgan fingerprint density at radius 3 is 2.17 bits per heavy atom. The van der Waals surface area contributed by atoms with Crippen LogP contribution in [0.15, 0.2) is 93.0 Å². The van der Waals surface area contributed by atoms with E-state index in [0.717, 1.165) is 0 Å². The van der Waals surface area contributed by atoms with Crippen LogP contribution in [0.5, 0.6) is 11.5 Å². The number of carbonyl (C=O) groups is 1. The predicted octanol–water partition coefficient (Wildman–Crippen LogP) is 4.29. The van der Waals surface area contributed by atoms with Crippen molar-refractivity contribution in [2.75, 3.05) is 17.9 Å². The molecule has 1 aliphatic rings. The fourth-order valence-corrected chi connectivity index (χ4v) is 4.75. The van der Waals surface area contributed by atoms with Crippen molar-refractivity contribution in [1.29, 1.82) is 0 Å². The number of carbonyl (C=O) groups excluding carboxylic acids is 1. The number of hydrogen-bond donors (Lipinski definition) is 1. The van der Waals surface area contributed by atoms with Gasteiger partial charge in [-0.1, -0.05) is 6.07 Å². The molecule has 9 nitrogen and oxygen atoms in total. The largest absolute Gasteiger partial charge is 0.486 e. The van der Waals surface area contributed by atoms with Gasteiger partial charge in [-0.15, -0.1) is 0 Å². The van der Waals surface area contributed by atoms with Gasteiger partial charge in [0.05, 0.1) is 30.5 Å². The molecule has 10 heteroatoms. The number of benzene rings is 2. The number of sulfonamides is 1. The lowest BCUT2D eigenvalue weighted by atomic mass is 10.1. The van der Waals surface area contributed by atoms with E-state index >= 15 is 0 Å². The Balaban J connectivity index is 1.37. The molecule has 2 aromatic heterocycles. The van der Waals surface area contributed by atoms with Gasteiger partial charge in [0, 0.05) is 17.3 Å². The first-order valence-corrected chi connectivity index (χ1v) is 12.3. The van der Waals surface area contributed by atoms with Crippen molar-refractivity contribution in [3.05, 3.63) is 96.3 Å². The molecule has 0 saturated carbocycles. The van der Waals surface area contributed by atoms with Gasteiger partial charge < -0.3 is 23.2 Å². The molecule has 0 saturated heterocycles. The first kappa shape index (κ1) is 22.6. The molecule has 0 bridgehead atoms. The number of anilines is 1. The van der Waals surface area contributed by atoms with Crippen LogP contribution in [0.25, 0.3) is 0 Å². The van der Waals surface area contributed by atoms with Gasteiger partial charge in [0.1, 0.15) is 24.7 Å². The molecule has 3 heterocycles. The molecule has 1 aliphatic heterocycles. The molecule has 0 spiro atoms. The second kappa shape index (κ2) is 9.59. The van der Waals surface area contributed by atoms with Gasteiger partial charge in [-0.3, -0.25) is 9.52 Å². The van der Waals surface area contributed by atoms with Gasteiger partial charge >= 0.3 is 0 Å². The number of rotatable bonds is 8. The molecular weight excluding hydrogens is 472 g/mol. The van der Waals surface area contributed by atoms with Crippen LogP contribution in [0.2, 0.25) is 0 Å². The zero-order chi connectivity index (χ0) is 24.3. The summed E-state index contributed by atoms with van der Waals surface area (Å²) in [7, 11) is -3.93. The summed E-state index contributed by atoms with van der Waals surface area (Å²) in [5.74, 6) is 1.78. The van der Waals surface area contributed by atoms with Crippen LogP contribution in [0.1, 0.15) is 21.9 Å².